The second-order valence-corrected chi connectivity index (χ2v) is 17.7. The van der Waals surface area contributed by atoms with E-state index in [1.807, 2.05) is 36.4 Å². The highest BCUT2D eigenvalue weighted by Crippen LogP contribution is 2.57. The number of rotatable bonds is 7. The zero-order chi connectivity index (χ0) is 34.4. The predicted octanol–water partition coefficient (Wildman–Crippen LogP) is 6.13. The number of fused-ring (bicyclic) bond motifs is 3. The van der Waals surface area contributed by atoms with Crippen molar-refractivity contribution in [2.75, 3.05) is 6.54 Å². The number of thiazole rings is 1. The molecule has 1 N–H and O–H groups in total. The molecule has 3 heterocycles. The van der Waals surface area contributed by atoms with Crippen molar-refractivity contribution in [1.82, 2.24) is 14.6 Å². The number of hydrogen-bond donors (Lipinski definition) is 1. The van der Waals surface area contributed by atoms with Crippen molar-refractivity contribution in [3.8, 4) is 5.19 Å². The molecule has 2 saturated carbocycles. The molecule has 49 heavy (non-hydrogen) atoms. The van der Waals surface area contributed by atoms with E-state index in [1.54, 1.807) is 24.0 Å². The van der Waals surface area contributed by atoms with Gasteiger partial charge in [-0.05, 0) is 87.6 Å². The van der Waals surface area contributed by atoms with Gasteiger partial charge in [0, 0.05) is 18.8 Å². The lowest BCUT2D eigenvalue weighted by atomic mass is 9.90. The lowest BCUT2D eigenvalue weighted by Gasteiger charge is -2.29. The van der Waals surface area contributed by atoms with Gasteiger partial charge in [0.2, 0.25) is 21.8 Å². The fourth-order valence-corrected chi connectivity index (χ4v) is 9.58. The van der Waals surface area contributed by atoms with E-state index in [0.717, 1.165) is 41.5 Å². The minimum Gasteiger partial charge on any atom is -0.465 e. The minimum absolute atomic E-state index is 0.166. The van der Waals surface area contributed by atoms with Crippen LogP contribution in [0.25, 0.3) is 10.2 Å². The molecule has 1 saturated heterocycles. The summed E-state index contributed by atoms with van der Waals surface area (Å²) in [5.74, 6) is -2.13. The molecule has 2 amide bonds. The summed E-state index contributed by atoms with van der Waals surface area (Å²) in [5, 5.41) is 0.457. The standard InChI is InChI=1S/C37H42FN3O6S2/c1-36(17-18-36)49(45,46)40-34(44)37-21-26(37)10-6-4-2-3-5-9-25(19-24-13-15-27(38)16-14-24)33(43)41-23-28(20-30(41)31(42)22-37)47-35-39-29-11-7-8-12-32(29)48-35/h6-8,10-16,25-26,28,30H,2-5,9,17-23H2,1H3,(H,40,44)/b10-6-/t25-,26+,28-,30+,37-/m1/s1. The van der Waals surface area contributed by atoms with Crippen LogP contribution in [-0.2, 0) is 30.8 Å². The van der Waals surface area contributed by atoms with Crippen molar-refractivity contribution >= 4 is 49.2 Å². The number of carbonyl (C=O) groups is 3. The van der Waals surface area contributed by atoms with Gasteiger partial charge < -0.3 is 9.64 Å². The van der Waals surface area contributed by atoms with E-state index in [2.05, 4.69) is 9.71 Å². The first-order chi connectivity index (χ1) is 23.5. The Morgan fingerprint density at radius 3 is 2.63 bits per heavy atom. The molecular weight excluding hydrogens is 666 g/mol. The van der Waals surface area contributed by atoms with Crippen LogP contribution in [0.5, 0.6) is 5.19 Å². The average molecular weight is 708 g/mol. The van der Waals surface area contributed by atoms with E-state index >= 15 is 0 Å². The molecule has 7 rings (SSSR count). The van der Waals surface area contributed by atoms with Crippen LogP contribution >= 0.6 is 11.3 Å². The zero-order valence-electron chi connectivity index (χ0n) is 27.6. The molecule has 4 aliphatic rings. The van der Waals surface area contributed by atoms with Crippen molar-refractivity contribution in [3.63, 3.8) is 0 Å². The highest BCUT2D eigenvalue weighted by atomic mass is 32.2. The highest BCUT2D eigenvalue weighted by molar-refractivity contribution is 7.91. The Hall–Kier alpha value is -3.64. The molecule has 5 atom stereocenters. The number of halogens is 1. The Bertz CT molecular complexity index is 1860. The summed E-state index contributed by atoms with van der Waals surface area (Å²) in [6.45, 7) is 1.81. The second-order valence-electron chi connectivity index (χ2n) is 14.5. The quantitative estimate of drug-likeness (QED) is 0.294. The number of para-hydroxylation sites is 1. The van der Waals surface area contributed by atoms with Gasteiger partial charge in [-0.1, -0.05) is 60.6 Å². The van der Waals surface area contributed by atoms with Gasteiger partial charge >= 0.3 is 0 Å². The van der Waals surface area contributed by atoms with E-state index in [0.29, 0.717) is 37.3 Å². The summed E-state index contributed by atoms with van der Waals surface area (Å²) < 4.78 is 48.6. The molecule has 3 aromatic rings. The number of sulfonamides is 1. The summed E-state index contributed by atoms with van der Waals surface area (Å²) in [7, 11) is -3.90. The number of allylic oxidation sites excluding steroid dienone is 2. The number of carbonyl (C=O) groups excluding carboxylic acids is 3. The third-order valence-electron chi connectivity index (χ3n) is 10.9. The van der Waals surface area contributed by atoms with Crippen molar-refractivity contribution in [2.45, 2.75) is 94.4 Å². The molecule has 0 radical (unpaired) electrons. The van der Waals surface area contributed by atoms with E-state index in [1.165, 1.54) is 23.5 Å². The Balaban J connectivity index is 1.18. The van der Waals surface area contributed by atoms with E-state index < -0.39 is 44.2 Å². The van der Waals surface area contributed by atoms with Crippen LogP contribution in [0.1, 0.15) is 76.7 Å². The van der Waals surface area contributed by atoms with Crippen LogP contribution in [0.2, 0.25) is 0 Å². The molecule has 0 spiro atoms. The number of nitrogens with zero attached hydrogens (tertiary/aromatic N) is 2. The van der Waals surface area contributed by atoms with Crippen molar-refractivity contribution in [3.05, 3.63) is 72.1 Å². The predicted molar refractivity (Wildman–Crippen MR) is 185 cm³/mol. The van der Waals surface area contributed by atoms with E-state index in [-0.39, 0.29) is 42.8 Å². The Labute approximate surface area is 290 Å². The maximum atomic E-state index is 14.5. The molecule has 260 valence electrons. The third kappa shape index (κ3) is 7.04. The van der Waals surface area contributed by atoms with Crippen LogP contribution in [0.15, 0.2) is 60.7 Å². The summed E-state index contributed by atoms with van der Waals surface area (Å²) in [6.07, 6.45) is 9.32. The first-order valence-electron chi connectivity index (χ1n) is 17.3. The lowest BCUT2D eigenvalue weighted by molar-refractivity contribution is -0.142. The fraction of sp³-hybridized carbons (Fsp3) is 0.514. The van der Waals surface area contributed by atoms with Gasteiger partial charge in [0.25, 0.3) is 5.19 Å². The number of nitrogens with one attached hydrogen (secondary N) is 1. The van der Waals surface area contributed by atoms with Crippen LogP contribution in [0, 0.1) is 23.1 Å². The van der Waals surface area contributed by atoms with Crippen LogP contribution in [-0.4, -0.2) is 59.3 Å². The maximum absolute atomic E-state index is 14.5. The molecule has 0 unspecified atom stereocenters. The van der Waals surface area contributed by atoms with E-state index in [9.17, 15) is 27.2 Å². The molecule has 2 aromatic carbocycles. The molecule has 2 aliphatic heterocycles. The van der Waals surface area contributed by atoms with Gasteiger partial charge in [0.1, 0.15) is 11.9 Å². The second kappa shape index (κ2) is 13.2. The Morgan fingerprint density at radius 1 is 1.10 bits per heavy atom. The smallest absolute Gasteiger partial charge is 0.274 e. The van der Waals surface area contributed by atoms with Gasteiger partial charge in [-0.3, -0.25) is 19.1 Å². The average Bonchev–Trinajstić information content (AvgIpc) is 3.88. The van der Waals surface area contributed by atoms with Crippen LogP contribution < -0.4 is 9.46 Å². The molecular formula is C37H42FN3O6S2. The summed E-state index contributed by atoms with van der Waals surface area (Å²) >= 11 is 1.40. The highest BCUT2D eigenvalue weighted by Gasteiger charge is 2.62. The number of benzene rings is 2. The van der Waals surface area contributed by atoms with Crippen molar-refractivity contribution < 1.29 is 31.9 Å². The van der Waals surface area contributed by atoms with Gasteiger partial charge in [-0.25, -0.2) is 17.8 Å². The van der Waals surface area contributed by atoms with Crippen molar-refractivity contribution in [1.29, 1.82) is 0 Å². The Kier molecular flexibility index (Phi) is 9.14. The summed E-state index contributed by atoms with van der Waals surface area (Å²) in [5.41, 5.74) is 0.449. The zero-order valence-corrected chi connectivity index (χ0v) is 29.2. The van der Waals surface area contributed by atoms with Crippen LogP contribution in [0.3, 0.4) is 0 Å². The van der Waals surface area contributed by atoms with Crippen LogP contribution in [0.4, 0.5) is 4.39 Å². The number of aromatic nitrogens is 1. The number of ketones is 1. The van der Waals surface area contributed by atoms with Gasteiger partial charge in [0.15, 0.2) is 5.78 Å². The third-order valence-corrected chi connectivity index (χ3v) is 14.0. The fourth-order valence-electron chi connectivity index (χ4n) is 7.37. The van der Waals surface area contributed by atoms with E-state index in [4.69, 9.17) is 4.74 Å². The molecule has 1 aromatic heterocycles. The molecule has 0 bridgehead atoms. The molecule has 9 nitrogen and oxygen atoms in total. The number of amides is 2. The summed E-state index contributed by atoms with van der Waals surface area (Å²) in [6, 6.07) is 13.0. The first kappa shape index (κ1) is 33.8. The largest absolute Gasteiger partial charge is 0.465 e. The van der Waals surface area contributed by atoms with Crippen molar-refractivity contribution in [2.24, 2.45) is 17.3 Å². The van der Waals surface area contributed by atoms with Gasteiger partial charge in [-0.15, -0.1) is 0 Å². The first-order valence-corrected chi connectivity index (χ1v) is 19.6. The Morgan fingerprint density at radius 2 is 1.88 bits per heavy atom. The monoisotopic (exact) mass is 707 g/mol. The molecule has 2 aliphatic carbocycles. The minimum atomic E-state index is -3.90. The SMILES string of the molecule is CC1(S(=O)(=O)NC(=O)[C@]23CC(=O)[C@@H]4C[C@@H](Oc5nc6ccccc6s5)CN4C(=O)[C@@H](Cc4ccc(F)cc4)CCCCC/C=C\[C@H]2C3)CC1. The number of hydrogen-bond acceptors (Lipinski definition) is 8. The normalized spacial score (nSPS) is 29.3. The topological polar surface area (TPSA) is 123 Å². The number of Topliss-reactive ketones (excluding diaryl/α,β-unsaturated/α-hetero) is 1. The molecule has 12 heteroatoms. The molecule has 3 fully saturated rings. The lowest BCUT2D eigenvalue weighted by Crippen LogP contribution is -2.47. The van der Waals surface area contributed by atoms with Gasteiger partial charge in [0.05, 0.1) is 33.0 Å². The summed E-state index contributed by atoms with van der Waals surface area (Å²) in [4.78, 5) is 48.9. The number of ether oxygens (including phenoxy) is 1. The van der Waals surface area contributed by atoms with Gasteiger partial charge in [-0.2, -0.15) is 0 Å². The maximum Gasteiger partial charge on any atom is 0.274 e.